The van der Waals surface area contributed by atoms with Gasteiger partial charge in [-0.05, 0) is 0 Å². The lowest BCUT2D eigenvalue weighted by atomic mass is 10.4. The smallest absolute Gasteiger partial charge is 0.252 e. The SMILES string of the molecule is COCCN(CCOC)c1cc(=O)[nH]cn1. The maximum Gasteiger partial charge on any atom is 0.252 e. The van der Waals surface area contributed by atoms with Crippen molar-refractivity contribution < 1.29 is 9.47 Å². The Labute approximate surface area is 94.2 Å². The third kappa shape index (κ3) is 4.00. The Bertz CT molecular complexity index is 345. The maximum absolute atomic E-state index is 11.2. The molecule has 0 fully saturated rings. The van der Waals surface area contributed by atoms with Crippen LogP contribution in [0.25, 0.3) is 0 Å². The van der Waals surface area contributed by atoms with Crippen LogP contribution in [0.4, 0.5) is 5.82 Å². The lowest BCUT2D eigenvalue weighted by Gasteiger charge is -2.22. The van der Waals surface area contributed by atoms with Gasteiger partial charge in [-0.3, -0.25) is 4.79 Å². The standard InChI is InChI=1S/C10H17N3O3/c1-15-5-3-13(4-6-16-2)9-7-10(14)12-8-11-9/h7-8H,3-6H2,1-2H3,(H,11,12,14). The highest BCUT2D eigenvalue weighted by atomic mass is 16.5. The number of H-pyrrole nitrogens is 1. The van der Waals surface area contributed by atoms with Crippen LogP contribution in [0.5, 0.6) is 0 Å². The number of nitrogens with zero attached hydrogens (tertiary/aromatic N) is 2. The molecule has 0 aliphatic heterocycles. The molecular formula is C10H17N3O3. The molecule has 0 saturated heterocycles. The van der Waals surface area contributed by atoms with E-state index in [1.54, 1.807) is 14.2 Å². The molecule has 1 aromatic rings. The number of anilines is 1. The molecular weight excluding hydrogens is 210 g/mol. The van der Waals surface area contributed by atoms with Crippen molar-refractivity contribution >= 4 is 5.82 Å². The average Bonchev–Trinajstić information content (AvgIpc) is 2.29. The van der Waals surface area contributed by atoms with Crippen LogP contribution in [0.2, 0.25) is 0 Å². The molecule has 1 heterocycles. The third-order valence-electron chi connectivity index (χ3n) is 2.12. The van der Waals surface area contributed by atoms with Gasteiger partial charge in [-0.2, -0.15) is 0 Å². The zero-order valence-corrected chi connectivity index (χ0v) is 9.60. The van der Waals surface area contributed by atoms with E-state index < -0.39 is 0 Å². The first kappa shape index (κ1) is 12.7. The maximum atomic E-state index is 11.2. The van der Waals surface area contributed by atoms with Crippen LogP contribution in [0.3, 0.4) is 0 Å². The van der Waals surface area contributed by atoms with E-state index in [1.807, 2.05) is 4.90 Å². The van der Waals surface area contributed by atoms with Crippen molar-refractivity contribution in [1.82, 2.24) is 9.97 Å². The zero-order valence-electron chi connectivity index (χ0n) is 9.60. The Morgan fingerprint density at radius 3 is 2.44 bits per heavy atom. The Hall–Kier alpha value is -1.40. The second kappa shape index (κ2) is 6.97. The van der Waals surface area contributed by atoms with E-state index in [2.05, 4.69) is 9.97 Å². The molecule has 0 amide bonds. The van der Waals surface area contributed by atoms with Crippen LogP contribution in [-0.4, -0.2) is 50.5 Å². The quantitative estimate of drug-likeness (QED) is 0.702. The molecule has 1 rings (SSSR count). The van der Waals surface area contributed by atoms with Gasteiger partial charge in [0.25, 0.3) is 5.56 Å². The van der Waals surface area contributed by atoms with E-state index in [9.17, 15) is 4.79 Å². The second-order valence-corrected chi connectivity index (χ2v) is 3.24. The molecule has 1 aromatic heterocycles. The van der Waals surface area contributed by atoms with Crippen molar-refractivity contribution in [2.75, 3.05) is 45.4 Å². The molecule has 0 saturated carbocycles. The molecule has 0 aliphatic rings. The number of rotatable bonds is 7. The topological polar surface area (TPSA) is 67.5 Å². The van der Waals surface area contributed by atoms with Crippen LogP contribution in [0.1, 0.15) is 0 Å². The molecule has 0 radical (unpaired) electrons. The fraction of sp³-hybridized carbons (Fsp3) is 0.600. The van der Waals surface area contributed by atoms with Gasteiger partial charge in [0.2, 0.25) is 0 Å². The third-order valence-corrected chi connectivity index (χ3v) is 2.12. The van der Waals surface area contributed by atoms with Gasteiger partial charge in [-0.15, -0.1) is 0 Å². The number of hydrogen-bond donors (Lipinski definition) is 1. The van der Waals surface area contributed by atoms with E-state index in [4.69, 9.17) is 9.47 Å². The first-order valence-corrected chi connectivity index (χ1v) is 5.05. The van der Waals surface area contributed by atoms with E-state index in [0.717, 1.165) is 0 Å². The van der Waals surface area contributed by atoms with Gasteiger partial charge in [-0.25, -0.2) is 4.98 Å². The molecule has 6 heteroatoms. The highest BCUT2D eigenvalue weighted by Crippen LogP contribution is 2.05. The molecule has 16 heavy (non-hydrogen) atoms. The predicted octanol–water partition coefficient (Wildman–Crippen LogP) is -0.131. The van der Waals surface area contributed by atoms with Crippen molar-refractivity contribution in [3.05, 3.63) is 22.7 Å². The monoisotopic (exact) mass is 227 g/mol. The predicted molar refractivity (Wildman–Crippen MR) is 60.8 cm³/mol. The molecule has 0 unspecified atom stereocenters. The normalized spacial score (nSPS) is 10.4. The van der Waals surface area contributed by atoms with Gasteiger partial charge < -0.3 is 19.4 Å². The number of ether oxygens (including phenoxy) is 2. The average molecular weight is 227 g/mol. The van der Waals surface area contributed by atoms with Crippen LogP contribution in [0.15, 0.2) is 17.2 Å². The summed E-state index contributed by atoms with van der Waals surface area (Å²) in [6.45, 7) is 2.52. The summed E-state index contributed by atoms with van der Waals surface area (Å²) in [5.41, 5.74) is -0.162. The molecule has 90 valence electrons. The Kier molecular flexibility index (Phi) is 5.52. The molecule has 6 nitrogen and oxygen atoms in total. The molecule has 0 spiro atoms. The van der Waals surface area contributed by atoms with E-state index in [1.165, 1.54) is 12.4 Å². The summed E-state index contributed by atoms with van der Waals surface area (Å²) in [7, 11) is 3.28. The Morgan fingerprint density at radius 2 is 1.94 bits per heavy atom. The van der Waals surface area contributed by atoms with Gasteiger partial charge in [0, 0.05) is 33.4 Å². The van der Waals surface area contributed by atoms with Gasteiger partial charge in [0.1, 0.15) is 5.82 Å². The van der Waals surface area contributed by atoms with E-state index in [-0.39, 0.29) is 5.56 Å². The van der Waals surface area contributed by atoms with Crippen LogP contribution in [0, 0.1) is 0 Å². The van der Waals surface area contributed by atoms with E-state index in [0.29, 0.717) is 32.1 Å². The number of nitrogens with one attached hydrogen (secondary N) is 1. The van der Waals surface area contributed by atoms with Crippen molar-refractivity contribution in [3.8, 4) is 0 Å². The van der Waals surface area contributed by atoms with Gasteiger partial charge in [-0.1, -0.05) is 0 Å². The summed E-state index contributed by atoms with van der Waals surface area (Å²) >= 11 is 0. The minimum absolute atomic E-state index is 0.162. The fourth-order valence-electron chi connectivity index (χ4n) is 1.28. The van der Waals surface area contributed by atoms with Crippen molar-refractivity contribution in [2.45, 2.75) is 0 Å². The highest BCUT2D eigenvalue weighted by Gasteiger charge is 2.07. The fourth-order valence-corrected chi connectivity index (χ4v) is 1.28. The summed E-state index contributed by atoms with van der Waals surface area (Å²) in [6, 6.07) is 1.46. The number of aromatic amines is 1. The van der Waals surface area contributed by atoms with Gasteiger partial charge in [0.15, 0.2) is 0 Å². The second-order valence-electron chi connectivity index (χ2n) is 3.24. The Balaban J connectivity index is 2.70. The van der Waals surface area contributed by atoms with Crippen molar-refractivity contribution in [3.63, 3.8) is 0 Å². The highest BCUT2D eigenvalue weighted by molar-refractivity contribution is 5.36. The van der Waals surface area contributed by atoms with Crippen LogP contribution in [-0.2, 0) is 9.47 Å². The summed E-state index contributed by atoms with van der Waals surface area (Å²) in [6.07, 6.45) is 1.39. The largest absolute Gasteiger partial charge is 0.383 e. The first-order valence-electron chi connectivity index (χ1n) is 5.05. The summed E-state index contributed by atoms with van der Waals surface area (Å²) in [5.74, 6) is 0.637. The minimum atomic E-state index is -0.162. The number of methoxy groups -OCH3 is 2. The van der Waals surface area contributed by atoms with Crippen LogP contribution >= 0.6 is 0 Å². The van der Waals surface area contributed by atoms with Crippen molar-refractivity contribution in [2.24, 2.45) is 0 Å². The molecule has 0 bridgehead atoms. The molecule has 1 N–H and O–H groups in total. The Morgan fingerprint density at radius 1 is 1.31 bits per heavy atom. The van der Waals surface area contributed by atoms with E-state index >= 15 is 0 Å². The minimum Gasteiger partial charge on any atom is -0.383 e. The van der Waals surface area contributed by atoms with Gasteiger partial charge in [0.05, 0.1) is 19.5 Å². The molecule has 0 aliphatic carbocycles. The number of aromatic nitrogens is 2. The lowest BCUT2D eigenvalue weighted by molar-refractivity contribution is 0.190. The summed E-state index contributed by atoms with van der Waals surface area (Å²) < 4.78 is 10.0. The molecule has 0 aromatic carbocycles. The summed E-state index contributed by atoms with van der Waals surface area (Å²) in [4.78, 5) is 19.7. The number of hydrogen-bond acceptors (Lipinski definition) is 5. The van der Waals surface area contributed by atoms with Crippen molar-refractivity contribution in [1.29, 1.82) is 0 Å². The van der Waals surface area contributed by atoms with Gasteiger partial charge >= 0.3 is 0 Å². The first-order chi connectivity index (χ1) is 7.77. The molecule has 0 atom stereocenters. The lowest BCUT2D eigenvalue weighted by Crippen LogP contribution is -2.32. The zero-order chi connectivity index (χ0) is 11.8. The van der Waals surface area contributed by atoms with Crippen LogP contribution < -0.4 is 10.5 Å². The summed E-state index contributed by atoms with van der Waals surface area (Å²) in [5, 5.41) is 0.